The van der Waals surface area contributed by atoms with E-state index in [1.54, 1.807) is 0 Å². The molecule has 0 aliphatic carbocycles. The fraction of sp³-hybridized carbons (Fsp3) is 0.111. The lowest BCUT2D eigenvalue weighted by Crippen LogP contribution is -2.04. The average molecular weight is 285 g/mol. The molecule has 0 aliphatic rings. The highest BCUT2D eigenvalue weighted by Crippen LogP contribution is 2.22. The van der Waals surface area contributed by atoms with Gasteiger partial charge in [0.15, 0.2) is 0 Å². The first-order valence-electron chi connectivity index (χ1n) is 3.75. The van der Waals surface area contributed by atoms with Crippen molar-refractivity contribution >= 4 is 15.9 Å². The minimum atomic E-state index is -4.72. The summed E-state index contributed by atoms with van der Waals surface area (Å²) in [7, 11) is 0. The predicted molar refractivity (Wildman–Crippen MR) is 50.0 cm³/mol. The van der Waals surface area contributed by atoms with Gasteiger partial charge < -0.3 is 4.74 Å². The van der Waals surface area contributed by atoms with Gasteiger partial charge in [0, 0.05) is 4.47 Å². The molecule has 0 saturated heterocycles. The minimum absolute atomic E-state index is 0.00352. The van der Waals surface area contributed by atoms with Crippen LogP contribution in [0.4, 0.5) is 17.6 Å². The van der Waals surface area contributed by atoms with E-state index in [0.717, 1.165) is 4.47 Å². The van der Waals surface area contributed by atoms with Crippen molar-refractivity contribution in [1.29, 1.82) is 0 Å². The van der Waals surface area contributed by atoms with Crippen molar-refractivity contribution in [3.05, 3.63) is 40.8 Å². The lowest BCUT2D eigenvalue weighted by molar-refractivity contribution is -0.0833. The number of ether oxygens (including phenoxy) is 1. The van der Waals surface area contributed by atoms with E-state index < -0.39 is 18.3 Å². The topological polar surface area (TPSA) is 9.23 Å². The summed E-state index contributed by atoms with van der Waals surface area (Å²) in [6.45, 7) is 0. The second-order valence-electron chi connectivity index (χ2n) is 2.55. The Morgan fingerprint density at radius 2 is 1.73 bits per heavy atom. The Bertz CT molecular complexity index is 355. The highest BCUT2D eigenvalue weighted by molar-refractivity contribution is 9.10. The van der Waals surface area contributed by atoms with Crippen molar-refractivity contribution in [2.24, 2.45) is 0 Å². The molecule has 0 atom stereocenters. The molecule has 1 nitrogen and oxygen atoms in total. The molecule has 82 valence electrons. The van der Waals surface area contributed by atoms with Crippen LogP contribution in [0.1, 0.15) is 0 Å². The largest absolute Gasteiger partial charge is 0.432 e. The smallest absolute Gasteiger partial charge is 0.415 e. The van der Waals surface area contributed by atoms with Gasteiger partial charge in [-0.1, -0.05) is 15.9 Å². The molecule has 1 aromatic rings. The van der Waals surface area contributed by atoms with Crippen LogP contribution in [-0.4, -0.2) is 6.18 Å². The van der Waals surface area contributed by atoms with Crippen LogP contribution in [0.2, 0.25) is 0 Å². The molecular weight excluding hydrogens is 280 g/mol. The maximum atomic E-state index is 12.6. The van der Waals surface area contributed by atoms with Gasteiger partial charge in [-0.05, 0) is 24.3 Å². The lowest BCUT2D eigenvalue weighted by atomic mass is 10.3. The molecule has 0 aliphatic heterocycles. The van der Waals surface area contributed by atoms with E-state index in [0.29, 0.717) is 0 Å². The highest BCUT2D eigenvalue weighted by Gasteiger charge is 2.26. The van der Waals surface area contributed by atoms with Gasteiger partial charge in [-0.3, -0.25) is 0 Å². The zero-order chi connectivity index (χ0) is 11.5. The summed E-state index contributed by atoms with van der Waals surface area (Å²) in [5.74, 6) is -0.00352. The Morgan fingerprint density at radius 3 is 2.20 bits per heavy atom. The normalized spacial score (nSPS) is 12.7. The molecular formula is C9H5BrF4O. The van der Waals surface area contributed by atoms with Gasteiger partial charge in [-0.25, -0.2) is 0 Å². The Kier molecular flexibility index (Phi) is 3.73. The molecule has 0 amide bonds. The van der Waals surface area contributed by atoms with Gasteiger partial charge in [-0.2, -0.15) is 17.6 Å². The van der Waals surface area contributed by atoms with Gasteiger partial charge in [0.1, 0.15) is 5.75 Å². The number of benzene rings is 1. The maximum Gasteiger partial charge on any atom is 0.415 e. The molecule has 0 unspecified atom stereocenters. The van der Waals surface area contributed by atoms with Crippen LogP contribution in [0.5, 0.6) is 5.75 Å². The molecule has 15 heavy (non-hydrogen) atoms. The third kappa shape index (κ3) is 4.83. The maximum absolute atomic E-state index is 12.6. The first kappa shape index (κ1) is 12.0. The van der Waals surface area contributed by atoms with Crippen LogP contribution in [0.3, 0.4) is 0 Å². The number of halogens is 5. The van der Waals surface area contributed by atoms with Gasteiger partial charge in [0.25, 0.3) is 6.01 Å². The van der Waals surface area contributed by atoms with Gasteiger partial charge in [0.2, 0.25) is 0 Å². The van der Waals surface area contributed by atoms with Crippen LogP contribution >= 0.6 is 15.9 Å². The fourth-order valence-corrected chi connectivity index (χ4v) is 1.04. The molecule has 0 spiro atoms. The zero-order valence-corrected chi connectivity index (χ0v) is 8.77. The van der Waals surface area contributed by atoms with Crippen LogP contribution in [0, 0.1) is 0 Å². The number of alkyl halides is 3. The van der Waals surface area contributed by atoms with Crippen LogP contribution in [-0.2, 0) is 0 Å². The molecule has 0 saturated carbocycles. The van der Waals surface area contributed by atoms with E-state index in [2.05, 4.69) is 20.7 Å². The molecule has 0 N–H and O–H groups in total. The van der Waals surface area contributed by atoms with Gasteiger partial charge >= 0.3 is 6.18 Å². The van der Waals surface area contributed by atoms with E-state index in [-0.39, 0.29) is 5.75 Å². The molecule has 1 aromatic carbocycles. The summed E-state index contributed by atoms with van der Waals surface area (Å²) in [6.07, 6.45) is -5.27. The monoisotopic (exact) mass is 284 g/mol. The first-order chi connectivity index (χ1) is 6.87. The van der Waals surface area contributed by atoms with Crippen molar-refractivity contribution in [3.8, 4) is 5.75 Å². The molecule has 0 bridgehead atoms. The standard InChI is InChI=1S/C9H5BrF4O/c10-6-1-3-7(4-2-6)15-8(11)5-9(12,13)14/h1-5H/b8-5-. The lowest BCUT2D eigenvalue weighted by Gasteiger charge is -2.04. The van der Waals surface area contributed by atoms with Crippen molar-refractivity contribution in [3.63, 3.8) is 0 Å². The van der Waals surface area contributed by atoms with E-state index in [1.807, 2.05) is 0 Å². The summed E-state index contributed by atoms with van der Waals surface area (Å²) in [5, 5.41) is 0. The quantitative estimate of drug-likeness (QED) is 0.584. The van der Waals surface area contributed by atoms with Crippen LogP contribution < -0.4 is 4.74 Å². The molecule has 1 rings (SSSR count). The summed E-state index contributed by atoms with van der Waals surface area (Å²) in [4.78, 5) is 0. The number of hydrogen-bond acceptors (Lipinski definition) is 1. The van der Waals surface area contributed by atoms with Crippen molar-refractivity contribution in [2.45, 2.75) is 6.18 Å². The molecule has 0 radical (unpaired) electrons. The summed E-state index contributed by atoms with van der Waals surface area (Å²) < 4.78 is 52.6. The Hall–Kier alpha value is -1.04. The van der Waals surface area contributed by atoms with Crippen LogP contribution in [0.25, 0.3) is 0 Å². The van der Waals surface area contributed by atoms with E-state index >= 15 is 0 Å². The Balaban J connectivity index is 2.70. The third-order valence-corrected chi connectivity index (χ3v) is 1.83. The number of hydrogen-bond donors (Lipinski definition) is 0. The predicted octanol–water partition coefficient (Wildman–Crippen LogP) is 4.20. The first-order valence-corrected chi connectivity index (χ1v) is 4.54. The van der Waals surface area contributed by atoms with Gasteiger partial charge in [-0.15, -0.1) is 0 Å². The molecule has 6 heteroatoms. The van der Waals surface area contributed by atoms with Crippen molar-refractivity contribution in [1.82, 2.24) is 0 Å². The average Bonchev–Trinajstić information content (AvgIpc) is 2.05. The molecule has 0 heterocycles. The van der Waals surface area contributed by atoms with Crippen molar-refractivity contribution < 1.29 is 22.3 Å². The third-order valence-electron chi connectivity index (χ3n) is 1.31. The summed E-state index contributed by atoms with van der Waals surface area (Å²) in [6, 6.07) is 4.04. The second-order valence-corrected chi connectivity index (χ2v) is 3.46. The highest BCUT2D eigenvalue weighted by atomic mass is 79.9. The second kappa shape index (κ2) is 4.65. The number of rotatable bonds is 2. The summed E-state index contributed by atoms with van der Waals surface area (Å²) in [5.41, 5.74) is 0. The van der Waals surface area contributed by atoms with E-state index in [4.69, 9.17) is 0 Å². The fourth-order valence-electron chi connectivity index (χ4n) is 0.773. The van der Waals surface area contributed by atoms with E-state index in [1.165, 1.54) is 24.3 Å². The van der Waals surface area contributed by atoms with Crippen LogP contribution in [0.15, 0.2) is 40.8 Å². The molecule has 0 fully saturated rings. The Labute approximate surface area is 91.5 Å². The zero-order valence-electron chi connectivity index (χ0n) is 7.18. The number of allylic oxidation sites excluding steroid dienone is 1. The SMILES string of the molecule is F/C(=C/C(F)(F)F)Oc1ccc(Br)cc1. The van der Waals surface area contributed by atoms with Crippen molar-refractivity contribution in [2.75, 3.05) is 0 Å². The van der Waals surface area contributed by atoms with E-state index in [9.17, 15) is 17.6 Å². The Morgan fingerprint density at radius 1 is 1.20 bits per heavy atom. The van der Waals surface area contributed by atoms with Gasteiger partial charge in [0.05, 0.1) is 6.08 Å². The summed E-state index contributed by atoms with van der Waals surface area (Å²) >= 11 is 3.12. The minimum Gasteiger partial charge on any atom is -0.432 e. The molecule has 0 aromatic heterocycles.